The van der Waals surface area contributed by atoms with Crippen molar-refractivity contribution in [2.45, 2.75) is 238 Å². The van der Waals surface area contributed by atoms with Gasteiger partial charge < -0.3 is 15.5 Å². The second-order valence-corrected chi connectivity index (χ2v) is 15.1. The van der Waals surface area contributed by atoms with Crippen molar-refractivity contribution >= 4 is 5.91 Å². The zero-order valence-corrected chi connectivity index (χ0v) is 34.1. The summed E-state index contributed by atoms with van der Waals surface area (Å²) >= 11 is 0. The van der Waals surface area contributed by atoms with E-state index in [4.69, 9.17) is 0 Å². The highest BCUT2D eigenvalue weighted by atomic mass is 16.3. The zero-order valence-electron chi connectivity index (χ0n) is 34.1. The number of hydrogen-bond donors (Lipinski definition) is 3. The Morgan fingerprint density at radius 3 is 1.29 bits per heavy atom. The van der Waals surface area contributed by atoms with Gasteiger partial charge in [0.2, 0.25) is 5.91 Å². The Kier molecular flexibility index (Phi) is 41.4. The van der Waals surface area contributed by atoms with E-state index in [2.05, 4.69) is 55.6 Å². The molecule has 298 valence electrons. The van der Waals surface area contributed by atoms with Crippen LogP contribution in [0.25, 0.3) is 0 Å². The van der Waals surface area contributed by atoms with Crippen LogP contribution in [0.3, 0.4) is 0 Å². The van der Waals surface area contributed by atoms with Crippen molar-refractivity contribution in [3.05, 3.63) is 48.6 Å². The van der Waals surface area contributed by atoms with Gasteiger partial charge in [-0.1, -0.05) is 217 Å². The number of aliphatic hydroxyl groups is 2. The fourth-order valence-corrected chi connectivity index (χ4v) is 6.66. The minimum Gasteiger partial charge on any atom is -0.394 e. The molecule has 0 heterocycles. The first-order valence-corrected chi connectivity index (χ1v) is 22.4. The minimum absolute atomic E-state index is 0.0744. The van der Waals surface area contributed by atoms with Crippen LogP contribution in [-0.2, 0) is 4.79 Å². The quantitative estimate of drug-likeness (QED) is 0.0437. The largest absolute Gasteiger partial charge is 0.394 e. The van der Waals surface area contributed by atoms with Crippen LogP contribution in [0.5, 0.6) is 0 Å². The first kappa shape index (κ1) is 49.4. The number of aliphatic hydroxyl groups excluding tert-OH is 2. The van der Waals surface area contributed by atoms with Crippen molar-refractivity contribution in [3.8, 4) is 0 Å². The van der Waals surface area contributed by atoms with E-state index in [0.29, 0.717) is 6.42 Å². The molecule has 0 fully saturated rings. The molecular weight excluding hydrogens is 627 g/mol. The Balaban J connectivity index is 3.57. The van der Waals surface area contributed by atoms with Gasteiger partial charge in [0.05, 0.1) is 18.8 Å². The third-order valence-corrected chi connectivity index (χ3v) is 10.1. The summed E-state index contributed by atoms with van der Waals surface area (Å²) in [5, 5.41) is 23.0. The summed E-state index contributed by atoms with van der Waals surface area (Å²) in [4.78, 5) is 12.4. The summed E-state index contributed by atoms with van der Waals surface area (Å²) in [5.41, 5.74) is 0. The maximum Gasteiger partial charge on any atom is 0.220 e. The van der Waals surface area contributed by atoms with E-state index in [9.17, 15) is 15.0 Å². The van der Waals surface area contributed by atoms with Crippen molar-refractivity contribution < 1.29 is 15.0 Å². The first-order valence-electron chi connectivity index (χ1n) is 22.4. The van der Waals surface area contributed by atoms with Crippen LogP contribution >= 0.6 is 0 Å². The van der Waals surface area contributed by atoms with E-state index in [1.165, 1.54) is 148 Å². The molecular formula is C47H87NO3. The Labute approximate surface area is 318 Å². The predicted molar refractivity (Wildman–Crippen MR) is 225 cm³/mol. The number of allylic oxidation sites excluding steroid dienone is 7. The summed E-state index contributed by atoms with van der Waals surface area (Å²) in [6, 6.07) is -0.628. The van der Waals surface area contributed by atoms with Crippen molar-refractivity contribution in [2.75, 3.05) is 6.61 Å². The van der Waals surface area contributed by atoms with Gasteiger partial charge in [-0.2, -0.15) is 0 Å². The van der Waals surface area contributed by atoms with Gasteiger partial charge >= 0.3 is 0 Å². The molecule has 4 nitrogen and oxygen atoms in total. The molecule has 0 spiro atoms. The van der Waals surface area contributed by atoms with E-state index < -0.39 is 12.1 Å². The van der Waals surface area contributed by atoms with Crippen molar-refractivity contribution in [3.63, 3.8) is 0 Å². The third kappa shape index (κ3) is 39.4. The van der Waals surface area contributed by atoms with Crippen molar-refractivity contribution in [1.29, 1.82) is 0 Å². The lowest BCUT2D eigenvalue weighted by Crippen LogP contribution is -2.45. The maximum absolute atomic E-state index is 12.4. The lowest BCUT2D eigenvalue weighted by Gasteiger charge is -2.20. The highest BCUT2D eigenvalue weighted by Gasteiger charge is 2.17. The Morgan fingerprint density at radius 1 is 0.490 bits per heavy atom. The molecule has 0 aromatic heterocycles. The number of rotatable bonds is 40. The van der Waals surface area contributed by atoms with Gasteiger partial charge in [-0.3, -0.25) is 4.79 Å². The summed E-state index contributed by atoms with van der Waals surface area (Å²) in [5.74, 6) is -0.0744. The SMILES string of the molecule is CC/C=C\C/C=C\C/C=C\CCCCCCCCCC(=O)NC(CO)C(O)/C=C/CCCCCCCCCCCCCCCCCCCCCC. The Morgan fingerprint density at radius 2 is 0.863 bits per heavy atom. The summed E-state index contributed by atoms with van der Waals surface area (Å²) in [7, 11) is 0. The van der Waals surface area contributed by atoms with Crippen LogP contribution in [0.2, 0.25) is 0 Å². The Bertz CT molecular complexity index is 816. The monoisotopic (exact) mass is 714 g/mol. The van der Waals surface area contributed by atoms with Gasteiger partial charge in [-0.15, -0.1) is 0 Å². The topological polar surface area (TPSA) is 69.6 Å². The standard InChI is InChI=1S/C47H87NO3/c1-3-5-7-9-11-13-15-17-19-21-22-23-24-25-27-28-30-32-34-36-38-40-42-46(50)45(44-49)48-47(51)43-41-39-37-35-33-31-29-26-20-18-16-14-12-10-8-6-4-2/h6,8,12,14,18,20,40,42,45-46,49-50H,3-5,7,9-11,13,15-17,19,21-39,41,43-44H2,1-2H3,(H,48,51)/b8-6-,14-12-,20-18-,42-40+. The number of carbonyl (C=O) groups excluding carboxylic acids is 1. The predicted octanol–water partition coefficient (Wildman–Crippen LogP) is 14.0. The molecule has 0 bridgehead atoms. The fraction of sp³-hybridized carbons (Fsp3) is 0.809. The maximum atomic E-state index is 12.4. The van der Waals surface area contributed by atoms with Gasteiger partial charge in [0.25, 0.3) is 0 Å². The van der Waals surface area contributed by atoms with Crippen molar-refractivity contribution in [2.24, 2.45) is 0 Å². The molecule has 0 aliphatic rings. The van der Waals surface area contributed by atoms with E-state index in [1.807, 2.05) is 6.08 Å². The lowest BCUT2D eigenvalue weighted by atomic mass is 10.0. The molecule has 0 aromatic carbocycles. The lowest BCUT2D eigenvalue weighted by molar-refractivity contribution is -0.123. The van der Waals surface area contributed by atoms with Crippen LogP contribution < -0.4 is 5.32 Å². The molecule has 0 aliphatic carbocycles. The van der Waals surface area contributed by atoms with Crippen LogP contribution in [0.15, 0.2) is 48.6 Å². The molecule has 0 aromatic rings. The molecule has 4 heteroatoms. The number of carbonyl (C=O) groups is 1. The molecule has 51 heavy (non-hydrogen) atoms. The molecule has 2 unspecified atom stereocenters. The molecule has 2 atom stereocenters. The molecule has 3 N–H and O–H groups in total. The average molecular weight is 714 g/mol. The highest BCUT2D eigenvalue weighted by molar-refractivity contribution is 5.76. The fourth-order valence-electron chi connectivity index (χ4n) is 6.66. The second kappa shape index (κ2) is 42.8. The molecule has 0 radical (unpaired) electrons. The second-order valence-electron chi connectivity index (χ2n) is 15.1. The van der Waals surface area contributed by atoms with E-state index >= 15 is 0 Å². The van der Waals surface area contributed by atoms with Gasteiger partial charge in [0, 0.05) is 6.42 Å². The van der Waals surface area contributed by atoms with Crippen LogP contribution in [0.4, 0.5) is 0 Å². The number of hydrogen-bond acceptors (Lipinski definition) is 3. The van der Waals surface area contributed by atoms with Gasteiger partial charge in [-0.05, 0) is 51.4 Å². The summed E-state index contributed by atoms with van der Waals surface area (Å²) in [6.07, 6.45) is 57.9. The molecule has 1 amide bonds. The van der Waals surface area contributed by atoms with E-state index in [0.717, 1.165) is 57.8 Å². The average Bonchev–Trinajstić information content (AvgIpc) is 3.13. The summed E-state index contributed by atoms with van der Waals surface area (Å²) < 4.78 is 0. The Hall–Kier alpha value is -1.65. The number of unbranched alkanes of at least 4 members (excludes halogenated alkanes) is 27. The van der Waals surface area contributed by atoms with E-state index in [1.54, 1.807) is 6.08 Å². The van der Waals surface area contributed by atoms with Gasteiger partial charge in [0.15, 0.2) is 0 Å². The zero-order chi connectivity index (χ0) is 37.1. The molecule has 0 saturated heterocycles. The summed E-state index contributed by atoms with van der Waals surface area (Å²) in [6.45, 7) is 4.20. The van der Waals surface area contributed by atoms with Crippen LogP contribution in [-0.4, -0.2) is 34.9 Å². The first-order chi connectivity index (χ1) is 25.2. The van der Waals surface area contributed by atoms with Crippen LogP contribution in [0.1, 0.15) is 226 Å². The molecule has 0 aliphatic heterocycles. The number of nitrogens with one attached hydrogen (secondary N) is 1. The number of amides is 1. The van der Waals surface area contributed by atoms with Gasteiger partial charge in [0.1, 0.15) is 0 Å². The van der Waals surface area contributed by atoms with Crippen LogP contribution in [0, 0.1) is 0 Å². The molecule has 0 rings (SSSR count). The third-order valence-electron chi connectivity index (χ3n) is 10.1. The van der Waals surface area contributed by atoms with E-state index in [-0.39, 0.29) is 12.5 Å². The normalized spacial score (nSPS) is 13.4. The smallest absolute Gasteiger partial charge is 0.220 e. The van der Waals surface area contributed by atoms with Gasteiger partial charge in [-0.25, -0.2) is 0 Å². The highest BCUT2D eigenvalue weighted by Crippen LogP contribution is 2.16. The van der Waals surface area contributed by atoms with Crippen molar-refractivity contribution in [1.82, 2.24) is 5.32 Å². The minimum atomic E-state index is -0.844. The molecule has 0 saturated carbocycles.